The van der Waals surface area contributed by atoms with Gasteiger partial charge in [-0.3, -0.25) is 0 Å². The van der Waals surface area contributed by atoms with Crippen molar-refractivity contribution < 1.29 is 13.5 Å². The summed E-state index contributed by atoms with van der Waals surface area (Å²) in [4.78, 5) is 0.301. The number of hydrogen-bond acceptors (Lipinski definition) is 4. The molecule has 3 nitrogen and oxygen atoms in total. The van der Waals surface area contributed by atoms with E-state index >= 15 is 0 Å². The Balaban J connectivity index is 2.41. The first-order valence-electron chi connectivity index (χ1n) is 5.31. The lowest BCUT2D eigenvalue weighted by atomic mass is 10.1. The van der Waals surface area contributed by atoms with Crippen LogP contribution in [0.4, 0.5) is 0 Å². The highest BCUT2D eigenvalue weighted by Crippen LogP contribution is 2.37. The molecular formula is C12H14O3S2. The molecule has 92 valence electrons. The smallest absolute Gasteiger partial charge is 0.200 e. The van der Waals surface area contributed by atoms with E-state index in [2.05, 4.69) is 13.8 Å². The molecule has 0 saturated heterocycles. The maximum Gasteiger partial charge on any atom is 0.200 e. The molecule has 2 rings (SSSR count). The van der Waals surface area contributed by atoms with E-state index < -0.39 is 9.84 Å². The summed E-state index contributed by atoms with van der Waals surface area (Å²) in [5.74, 6) is 0.745. The fourth-order valence-corrected chi connectivity index (χ4v) is 4.02. The van der Waals surface area contributed by atoms with Crippen LogP contribution >= 0.6 is 11.8 Å². The van der Waals surface area contributed by atoms with Crippen LogP contribution in [0.5, 0.6) is 5.75 Å². The molecule has 17 heavy (non-hydrogen) atoms. The van der Waals surface area contributed by atoms with E-state index in [-0.39, 0.29) is 5.75 Å². The molecular weight excluding hydrogens is 256 g/mol. The van der Waals surface area contributed by atoms with Crippen molar-refractivity contribution in [3.8, 4) is 5.75 Å². The number of sulfone groups is 1. The lowest BCUT2D eigenvalue weighted by molar-refractivity contribution is 0.474. The summed E-state index contributed by atoms with van der Waals surface area (Å²) in [5, 5.41) is 11.2. The van der Waals surface area contributed by atoms with Crippen molar-refractivity contribution in [2.45, 2.75) is 24.0 Å². The Kier molecular flexibility index (Phi) is 3.23. The average molecular weight is 270 g/mol. The van der Waals surface area contributed by atoms with Gasteiger partial charge in [-0.05, 0) is 29.0 Å². The molecule has 0 unspecified atom stereocenters. The first-order chi connectivity index (χ1) is 7.90. The third-order valence-electron chi connectivity index (χ3n) is 2.49. The summed E-state index contributed by atoms with van der Waals surface area (Å²) in [6, 6.07) is 4.39. The first-order valence-corrected chi connectivity index (χ1v) is 7.90. The number of thioether (sulfide) groups is 1. The van der Waals surface area contributed by atoms with Crippen molar-refractivity contribution in [1.29, 1.82) is 0 Å². The molecule has 0 aliphatic carbocycles. The Morgan fingerprint density at radius 2 is 2.06 bits per heavy atom. The Hall–Kier alpha value is -0.940. The van der Waals surface area contributed by atoms with Gasteiger partial charge in [0.15, 0.2) is 0 Å². The van der Waals surface area contributed by atoms with E-state index in [0.717, 1.165) is 5.57 Å². The summed E-state index contributed by atoms with van der Waals surface area (Å²) in [5.41, 5.74) is 1.41. The maximum atomic E-state index is 11.9. The molecule has 0 amide bonds. The zero-order valence-corrected chi connectivity index (χ0v) is 11.3. The van der Waals surface area contributed by atoms with E-state index in [1.807, 2.05) is 0 Å². The number of fused-ring (bicyclic) bond motifs is 1. The minimum absolute atomic E-state index is 0.0984. The van der Waals surface area contributed by atoms with Gasteiger partial charge < -0.3 is 5.11 Å². The van der Waals surface area contributed by atoms with Crippen molar-refractivity contribution in [2.24, 2.45) is 0 Å². The summed E-state index contributed by atoms with van der Waals surface area (Å²) < 4.78 is 23.7. The van der Waals surface area contributed by atoms with Gasteiger partial charge in [-0.1, -0.05) is 13.8 Å². The second kappa shape index (κ2) is 4.38. The summed E-state index contributed by atoms with van der Waals surface area (Å²) in [6.45, 7) is 4.14. The number of phenolic OH excluding ortho intramolecular Hbond substituents is 1. The molecule has 0 radical (unpaired) electrons. The lowest BCUT2D eigenvalue weighted by Crippen LogP contribution is -1.93. The molecule has 0 bridgehead atoms. The van der Waals surface area contributed by atoms with Crippen molar-refractivity contribution in [3.05, 3.63) is 29.2 Å². The summed E-state index contributed by atoms with van der Waals surface area (Å²) in [7, 11) is -3.31. The normalized spacial score (nSPS) is 17.0. The number of hydrogen-bond donors (Lipinski definition) is 1. The molecule has 1 aliphatic rings. The van der Waals surface area contributed by atoms with Crippen LogP contribution < -0.4 is 0 Å². The van der Waals surface area contributed by atoms with Gasteiger partial charge >= 0.3 is 0 Å². The molecule has 1 aromatic carbocycles. The highest BCUT2D eigenvalue weighted by atomic mass is 32.2. The molecule has 0 saturated carbocycles. The third kappa shape index (κ3) is 2.50. The van der Waals surface area contributed by atoms with Gasteiger partial charge in [0.25, 0.3) is 0 Å². The standard InChI is InChI=1S/C12H14O3S2/c1-8(2)16-6-9-7-17(14,15)12-4-3-10(13)5-11(9)12/h3-5,7-8,13H,6H2,1-2H3. The Morgan fingerprint density at radius 1 is 1.35 bits per heavy atom. The van der Waals surface area contributed by atoms with Crippen LogP contribution in [0.1, 0.15) is 19.4 Å². The van der Waals surface area contributed by atoms with E-state index in [1.165, 1.54) is 23.6 Å². The van der Waals surface area contributed by atoms with E-state index in [1.54, 1.807) is 11.8 Å². The second-order valence-electron chi connectivity index (χ2n) is 4.23. The maximum absolute atomic E-state index is 11.9. The van der Waals surface area contributed by atoms with Gasteiger partial charge in [-0.2, -0.15) is 11.8 Å². The largest absolute Gasteiger partial charge is 0.508 e. The summed E-state index contributed by atoms with van der Waals surface area (Å²) >= 11 is 1.68. The molecule has 1 aromatic rings. The Labute approximate surface area is 105 Å². The van der Waals surface area contributed by atoms with Gasteiger partial charge in [0.2, 0.25) is 9.84 Å². The fourth-order valence-electron chi connectivity index (χ4n) is 1.70. The highest BCUT2D eigenvalue weighted by Gasteiger charge is 2.26. The van der Waals surface area contributed by atoms with Crippen LogP contribution in [-0.4, -0.2) is 24.5 Å². The fraction of sp³-hybridized carbons (Fsp3) is 0.333. The molecule has 5 heteroatoms. The van der Waals surface area contributed by atoms with Crippen molar-refractivity contribution >= 4 is 27.2 Å². The van der Waals surface area contributed by atoms with Gasteiger partial charge in [0.05, 0.1) is 4.90 Å². The number of aromatic hydroxyl groups is 1. The predicted octanol–water partition coefficient (Wildman–Crippen LogP) is 2.66. The number of phenols is 1. The molecule has 0 aromatic heterocycles. The quantitative estimate of drug-likeness (QED) is 0.917. The van der Waals surface area contributed by atoms with Crippen LogP contribution in [0.25, 0.3) is 5.57 Å². The molecule has 0 atom stereocenters. The van der Waals surface area contributed by atoms with Gasteiger partial charge in [0.1, 0.15) is 5.75 Å². The first kappa shape index (κ1) is 12.5. The van der Waals surface area contributed by atoms with Gasteiger partial charge in [0, 0.05) is 16.7 Å². The number of rotatable bonds is 3. The van der Waals surface area contributed by atoms with E-state index in [4.69, 9.17) is 0 Å². The SMILES string of the molecule is CC(C)SCC1=CS(=O)(=O)c2ccc(O)cc21. The molecule has 1 heterocycles. The average Bonchev–Trinajstić information content (AvgIpc) is 2.47. The number of benzene rings is 1. The minimum Gasteiger partial charge on any atom is -0.508 e. The van der Waals surface area contributed by atoms with Crippen molar-refractivity contribution in [3.63, 3.8) is 0 Å². The van der Waals surface area contributed by atoms with Crippen LogP contribution in [0, 0.1) is 0 Å². The molecule has 1 aliphatic heterocycles. The lowest BCUT2D eigenvalue weighted by Gasteiger charge is -2.07. The van der Waals surface area contributed by atoms with Crippen LogP contribution in [0.3, 0.4) is 0 Å². The molecule has 0 spiro atoms. The second-order valence-corrected chi connectivity index (χ2v) is 7.56. The minimum atomic E-state index is -3.31. The Morgan fingerprint density at radius 3 is 2.71 bits per heavy atom. The molecule has 0 fully saturated rings. The topological polar surface area (TPSA) is 54.4 Å². The zero-order valence-electron chi connectivity index (χ0n) is 9.67. The monoisotopic (exact) mass is 270 g/mol. The van der Waals surface area contributed by atoms with E-state index in [9.17, 15) is 13.5 Å². The van der Waals surface area contributed by atoms with Crippen molar-refractivity contribution in [1.82, 2.24) is 0 Å². The third-order valence-corrected chi connectivity index (χ3v) is 5.19. The van der Waals surface area contributed by atoms with Crippen molar-refractivity contribution in [2.75, 3.05) is 5.75 Å². The van der Waals surface area contributed by atoms with Crippen LogP contribution in [0.15, 0.2) is 28.5 Å². The summed E-state index contributed by atoms with van der Waals surface area (Å²) in [6.07, 6.45) is 0. The van der Waals surface area contributed by atoms with Gasteiger partial charge in [-0.25, -0.2) is 8.42 Å². The van der Waals surface area contributed by atoms with Crippen LogP contribution in [0.2, 0.25) is 0 Å². The predicted molar refractivity (Wildman–Crippen MR) is 70.9 cm³/mol. The Bertz CT molecular complexity index is 571. The van der Waals surface area contributed by atoms with Gasteiger partial charge in [-0.15, -0.1) is 0 Å². The van der Waals surface area contributed by atoms with Crippen LogP contribution in [-0.2, 0) is 9.84 Å². The molecule has 1 N–H and O–H groups in total. The van der Waals surface area contributed by atoms with E-state index in [0.29, 0.717) is 21.5 Å². The zero-order chi connectivity index (χ0) is 12.6. The highest BCUT2D eigenvalue weighted by molar-refractivity contribution is 8.00.